The molecule has 0 amide bonds. The normalized spacial score (nSPS) is 11.7. The lowest BCUT2D eigenvalue weighted by molar-refractivity contribution is -0.119. The molecular weight excluding hydrogens is 262 g/mol. The summed E-state index contributed by atoms with van der Waals surface area (Å²) in [6.45, 7) is 4.11. The van der Waals surface area contributed by atoms with Crippen molar-refractivity contribution >= 4 is 5.78 Å². The summed E-state index contributed by atoms with van der Waals surface area (Å²) in [5, 5.41) is 9.31. The Bertz CT molecular complexity index is 502. The van der Waals surface area contributed by atoms with E-state index in [0.29, 0.717) is 6.42 Å². The van der Waals surface area contributed by atoms with Crippen LogP contribution in [0, 0.1) is 18.3 Å². The van der Waals surface area contributed by atoms with Gasteiger partial charge in [0.25, 0.3) is 0 Å². The van der Waals surface area contributed by atoms with E-state index in [4.69, 9.17) is 4.74 Å². The first-order valence-electron chi connectivity index (χ1n) is 7.70. The number of carbonyl (C=O) groups excluding carboxylic acids is 1. The number of hydrogen-bond acceptors (Lipinski definition) is 3. The van der Waals surface area contributed by atoms with E-state index in [2.05, 4.69) is 13.0 Å². The fraction of sp³-hybridized carbons (Fsp3) is 0.556. The van der Waals surface area contributed by atoms with Crippen molar-refractivity contribution in [1.29, 1.82) is 5.26 Å². The number of Topliss-reactive ketones (excluding diaryl/α,β-unsaturated/α-hetero) is 1. The summed E-state index contributed by atoms with van der Waals surface area (Å²) < 4.78 is 5.26. The van der Waals surface area contributed by atoms with E-state index in [-0.39, 0.29) is 5.78 Å². The molecule has 3 nitrogen and oxygen atoms in total. The molecule has 0 radical (unpaired) electrons. The van der Waals surface area contributed by atoms with Crippen molar-refractivity contribution in [2.45, 2.75) is 58.3 Å². The van der Waals surface area contributed by atoms with Gasteiger partial charge in [-0.3, -0.25) is 4.79 Å². The maximum absolute atomic E-state index is 12.2. The second-order valence-corrected chi connectivity index (χ2v) is 5.42. The van der Waals surface area contributed by atoms with Crippen molar-refractivity contribution < 1.29 is 9.53 Å². The molecule has 0 saturated heterocycles. The Kier molecular flexibility index (Phi) is 7.53. The van der Waals surface area contributed by atoms with Crippen LogP contribution < -0.4 is 4.74 Å². The van der Waals surface area contributed by atoms with E-state index in [1.807, 2.05) is 19.1 Å². The Balaban J connectivity index is 2.65. The minimum atomic E-state index is -0.675. The third-order valence-electron chi connectivity index (χ3n) is 3.74. The highest BCUT2D eigenvalue weighted by molar-refractivity contribution is 5.88. The van der Waals surface area contributed by atoms with Gasteiger partial charge >= 0.3 is 0 Å². The topological polar surface area (TPSA) is 50.1 Å². The van der Waals surface area contributed by atoms with Gasteiger partial charge in [0.05, 0.1) is 13.2 Å². The summed E-state index contributed by atoms with van der Waals surface area (Å²) in [5.74, 6) is 0.0640. The second-order valence-electron chi connectivity index (χ2n) is 5.42. The Morgan fingerprint density at radius 3 is 2.62 bits per heavy atom. The molecule has 21 heavy (non-hydrogen) atoms. The number of ether oxygens (including phenoxy) is 1. The monoisotopic (exact) mass is 287 g/mol. The molecule has 0 heterocycles. The van der Waals surface area contributed by atoms with Gasteiger partial charge in [-0.05, 0) is 30.5 Å². The third-order valence-corrected chi connectivity index (χ3v) is 3.74. The van der Waals surface area contributed by atoms with Gasteiger partial charge in [0.1, 0.15) is 11.7 Å². The number of nitriles is 1. The summed E-state index contributed by atoms with van der Waals surface area (Å²) >= 11 is 0. The lowest BCUT2D eigenvalue weighted by Gasteiger charge is -2.11. The fourth-order valence-corrected chi connectivity index (χ4v) is 2.40. The Morgan fingerprint density at radius 1 is 1.29 bits per heavy atom. The smallest absolute Gasteiger partial charge is 0.154 e. The molecule has 0 spiro atoms. The number of hydrogen-bond donors (Lipinski definition) is 0. The molecule has 1 atom stereocenters. The van der Waals surface area contributed by atoms with Gasteiger partial charge in [0.15, 0.2) is 5.78 Å². The van der Waals surface area contributed by atoms with Crippen molar-refractivity contribution in [2.24, 2.45) is 0 Å². The predicted octanol–water partition coefficient (Wildman–Crippen LogP) is 4.54. The van der Waals surface area contributed by atoms with Crippen LogP contribution in [0.25, 0.3) is 0 Å². The first kappa shape index (κ1) is 17.2. The van der Waals surface area contributed by atoms with E-state index >= 15 is 0 Å². The largest absolute Gasteiger partial charge is 0.496 e. The average molecular weight is 287 g/mol. The highest BCUT2D eigenvalue weighted by Crippen LogP contribution is 2.26. The molecule has 0 aliphatic heterocycles. The molecule has 114 valence electrons. The van der Waals surface area contributed by atoms with Gasteiger partial charge in [-0.2, -0.15) is 5.26 Å². The molecule has 1 unspecified atom stereocenters. The summed E-state index contributed by atoms with van der Waals surface area (Å²) in [7, 11) is 1.60. The minimum Gasteiger partial charge on any atom is -0.496 e. The standard InChI is InChI=1S/C18H25NO2/c1-4-5-6-7-8-9-17(20)16(13-19)15-11-10-14(2)18(12-15)21-3/h10-12,16H,4-9H2,1-3H3. The lowest BCUT2D eigenvalue weighted by atomic mass is 9.92. The first-order valence-corrected chi connectivity index (χ1v) is 7.70. The van der Waals surface area contributed by atoms with Crippen molar-refractivity contribution in [3.05, 3.63) is 29.3 Å². The summed E-state index contributed by atoms with van der Waals surface area (Å²) in [6.07, 6.45) is 6.00. The molecule has 0 aliphatic carbocycles. The van der Waals surface area contributed by atoms with Crippen LogP contribution in [-0.4, -0.2) is 12.9 Å². The number of carbonyl (C=O) groups is 1. The van der Waals surface area contributed by atoms with E-state index in [0.717, 1.165) is 29.7 Å². The van der Waals surface area contributed by atoms with E-state index in [1.54, 1.807) is 13.2 Å². The van der Waals surface area contributed by atoms with E-state index in [1.165, 1.54) is 19.3 Å². The SMILES string of the molecule is CCCCCCCC(=O)C(C#N)c1ccc(C)c(OC)c1. The van der Waals surface area contributed by atoms with E-state index in [9.17, 15) is 10.1 Å². The molecule has 0 bridgehead atoms. The summed E-state index contributed by atoms with van der Waals surface area (Å²) in [6, 6.07) is 7.68. The maximum Gasteiger partial charge on any atom is 0.154 e. The minimum absolute atomic E-state index is 0.0138. The van der Waals surface area contributed by atoms with Crippen molar-refractivity contribution in [2.75, 3.05) is 7.11 Å². The van der Waals surface area contributed by atoms with Crippen LogP contribution >= 0.6 is 0 Å². The Labute approximate surface area is 127 Å². The molecule has 0 N–H and O–H groups in total. The van der Waals surface area contributed by atoms with Gasteiger partial charge in [-0.15, -0.1) is 0 Å². The molecule has 3 heteroatoms. The van der Waals surface area contributed by atoms with Gasteiger partial charge < -0.3 is 4.74 Å². The van der Waals surface area contributed by atoms with Crippen LogP contribution in [-0.2, 0) is 4.79 Å². The number of rotatable bonds is 9. The number of ketones is 1. The van der Waals surface area contributed by atoms with Crippen molar-refractivity contribution in [1.82, 2.24) is 0 Å². The molecule has 0 saturated carbocycles. The van der Waals surface area contributed by atoms with Crippen LogP contribution in [0.2, 0.25) is 0 Å². The molecule has 1 aromatic carbocycles. The summed E-state index contributed by atoms with van der Waals surface area (Å²) in [4.78, 5) is 12.2. The Morgan fingerprint density at radius 2 is 2.00 bits per heavy atom. The van der Waals surface area contributed by atoms with Crippen LogP contribution in [0.15, 0.2) is 18.2 Å². The zero-order chi connectivity index (χ0) is 15.7. The molecular formula is C18H25NO2. The molecule has 1 rings (SSSR count). The first-order chi connectivity index (χ1) is 10.1. The summed E-state index contributed by atoms with van der Waals surface area (Å²) in [5.41, 5.74) is 1.74. The quantitative estimate of drug-likeness (QED) is 0.626. The van der Waals surface area contributed by atoms with Gasteiger partial charge in [0, 0.05) is 6.42 Å². The molecule has 0 aromatic heterocycles. The van der Waals surface area contributed by atoms with Crippen LogP contribution in [0.1, 0.15) is 62.5 Å². The zero-order valence-corrected chi connectivity index (χ0v) is 13.3. The highest BCUT2D eigenvalue weighted by atomic mass is 16.5. The predicted molar refractivity (Wildman–Crippen MR) is 84.5 cm³/mol. The number of aryl methyl sites for hydroxylation is 1. The second kappa shape index (κ2) is 9.18. The van der Waals surface area contributed by atoms with Gasteiger partial charge in [-0.1, -0.05) is 44.7 Å². The third kappa shape index (κ3) is 5.23. The molecule has 0 aliphatic rings. The number of benzene rings is 1. The van der Waals surface area contributed by atoms with Gasteiger partial charge in [-0.25, -0.2) is 0 Å². The lowest BCUT2D eigenvalue weighted by Crippen LogP contribution is -2.11. The fourth-order valence-electron chi connectivity index (χ4n) is 2.40. The van der Waals surface area contributed by atoms with Crippen molar-refractivity contribution in [3.63, 3.8) is 0 Å². The van der Waals surface area contributed by atoms with Crippen LogP contribution in [0.4, 0.5) is 0 Å². The molecule has 1 aromatic rings. The van der Waals surface area contributed by atoms with Crippen LogP contribution in [0.5, 0.6) is 5.75 Å². The highest BCUT2D eigenvalue weighted by Gasteiger charge is 2.20. The number of unbranched alkanes of at least 4 members (excludes halogenated alkanes) is 4. The number of nitrogens with zero attached hydrogens (tertiary/aromatic N) is 1. The molecule has 0 fully saturated rings. The van der Waals surface area contributed by atoms with Crippen LogP contribution in [0.3, 0.4) is 0 Å². The van der Waals surface area contributed by atoms with E-state index < -0.39 is 5.92 Å². The average Bonchev–Trinajstić information content (AvgIpc) is 2.49. The zero-order valence-electron chi connectivity index (χ0n) is 13.3. The van der Waals surface area contributed by atoms with Gasteiger partial charge in [0.2, 0.25) is 0 Å². The maximum atomic E-state index is 12.2. The Hall–Kier alpha value is -1.82. The van der Waals surface area contributed by atoms with Crippen molar-refractivity contribution in [3.8, 4) is 11.8 Å². The number of methoxy groups -OCH3 is 1.